The van der Waals surface area contributed by atoms with Gasteiger partial charge in [-0.2, -0.15) is 0 Å². The van der Waals surface area contributed by atoms with Crippen LogP contribution in [0.1, 0.15) is 46.5 Å². The van der Waals surface area contributed by atoms with Crippen LogP contribution >= 0.6 is 35.7 Å². The highest BCUT2D eigenvalue weighted by Gasteiger charge is 2.41. The Hall–Kier alpha value is -2.15. The molecule has 12 heteroatoms. The molecule has 2 amide bonds. The molecule has 1 atom stereocenters. The smallest absolute Gasteiger partial charge is 0.333 e. The summed E-state index contributed by atoms with van der Waals surface area (Å²) in [6, 6.07) is 0. The summed E-state index contributed by atoms with van der Waals surface area (Å²) in [6.07, 6.45) is 0.772. The maximum Gasteiger partial charge on any atom is 0.333 e. The van der Waals surface area contributed by atoms with Crippen LogP contribution in [0, 0.1) is 0 Å². The zero-order valence-corrected chi connectivity index (χ0v) is 22.5. The number of thioether (sulfide) groups is 2. The Morgan fingerprint density at radius 1 is 1.14 bits per heavy atom. The summed E-state index contributed by atoms with van der Waals surface area (Å²) >= 11 is 8.19. The van der Waals surface area contributed by atoms with E-state index in [1.54, 1.807) is 0 Å². The average molecular weight is 543 g/mol. The molecular weight excluding hydrogens is 512 g/mol. The van der Waals surface area contributed by atoms with Gasteiger partial charge in [-0.25, -0.2) is 4.79 Å². The van der Waals surface area contributed by atoms with Crippen molar-refractivity contribution in [3.63, 3.8) is 0 Å². The van der Waals surface area contributed by atoms with Gasteiger partial charge in [-0.05, 0) is 56.1 Å². The highest BCUT2D eigenvalue weighted by molar-refractivity contribution is 8.28. The van der Waals surface area contributed by atoms with Gasteiger partial charge in [0.2, 0.25) is 0 Å². The van der Waals surface area contributed by atoms with Gasteiger partial charge in [-0.1, -0.05) is 36.5 Å². The lowest BCUT2D eigenvalue weighted by Crippen LogP contribution is -2.56. The highest BCUT2D eigenvalue weighted by atomic mass is 32.2. The Morgan fingerprint density at radius 2 is 1.80 bits per heavy atom. The molecule has 0 aromatic rings. The molecule has 1 unspecified atom stereocenters. The Balaban J connectivity index is 1.77. The first-order valence-electron chi connectivity index (χ1n) is 11.2. The summed E-state index contributed by atoms with van der Waals surface area (Å²) in [6.45, 7) is 8.80. The van der Waals surface area contributed by atoms with Crippen LogP contribution in [0.5, 0.6) is 0 Å². The lowest BCUT2D eigenvalue weighted by atomic mass is 10.1. The molecular formula is C23H30N2O7S3. The van der Waals surface area contributed by atoms with Crippen molar-refractivity contribution < 1.29 is 33.8 Å². The Labute approximate surface area is 218 Å². The number of unbranched alkanes of at least 4 members (excludes halogenated alkanes) is 2. The first-order valence-corrected chi connectivity index (χ1v) is 13.3. The minimum absolute atomic E-state index is 0.143. The summed E-state index contributed by atoms with van der Waals surface area (Å²) < 4.78 is 10.5. The zero-order valence-electron chi connectivity index (χ0n) is 20.0. The molecule has 0 saturated carbocycles. The lowest BCUT2D eigenvalue weighted by Gasteiger charge is -2.36. The largest absolute Gasteiger partial charge is 0.463 e. The second-order valence-electron chi connectivity index (χ2n) is 7.93. The van der Waals surface area contributed by atoms with E-state index in [1.807, 2.05) is 19.3 Å². The number of aliphatic hydroxyl groups excluding tert-OH is 1. The third kappa shape index (κ3) is 8.19. The molecule has 1 saturated heterocycles. The van der Waals surface area contributed by atoms with E-state index in [0.717, 1.165) is 4.91 Å². The van der Waals surface area contributed by atoms with Crippen LogP contribution in [-0.2, 0) is 28.7 Å². The molecule has 1 N–H and O–H groups in total. The van der Waals surface area contributed by atoms with E-state index < -0.39 is 18.0 Å². The molecule has 0 aromatic heterocycles. The third-order valence-electron chi connectivity index (χ3n) is 4.94. The zero-order chi connectivity index (χ0) is 26.1. The van der Waals surface area contributed by atoms with Crippen molar-refractivity contribution in [3.8, 4) is 0 Å². The number of amides is 2. The van der Waals surface area contributed by atoms with Crippen LogP contribution in [-0.4, -0.2) is 76.2 Å². The van der Waals surface area contributed by atoms with Crippen molar-refractivity contribution in [1.82, 2.24) is 9.80 Å². The van der Waals surface area contributed by atoms with Crippen LogP contribution < -0.4 is 0 Å². The van der Waals surface area contributed by atoms with Crippen molar-refractivity contribution in [1.29, 1.82) is 0 Å². The topological polar surface area (TPSA) is 113 Å². The number of carbonyl (C=O) groups excluding carboxylic acids is 4. The third-order valence-corrected chi connectivity index (χ3v) is 7.79. The number of thiocarbonyl (C=S) groups is 1. The number of hydrogen-bond donors (Lipinski definition) is 1. The number of likely N-dealkylation sites (N-methyl/N-ethyl adjacent to an activating group) is 1. The molecule has 0 radical (unpaired) electrons. The first kappa shape index (κ1) is 29.1. The number of carbonyl (C=O) groups is 4. The fourth-order valence-corrected chi connectivity index (χ4v) is 5.68. The molecule has 1 fully saturated rings. The molecule has 35 heavy (non-hydrogen) atoms. The van der Waals surface area contributed by atoms with Crippen molar-refractivity contribution >= 4 is 64.6 Å². The van der Waals surface area contributed by atoms with E-state index in [0.29, 0.717) is 36.6 Å². The van der Waals surface area contributed by atoms with Crippen LogP contribution in [0.15, 0.2) is 32.3 Å². The maximum absolute atomic E-state index is 13.1. The molecule has 0 aliphatic carbocycles. The van der Waals surface area contributed by atoms with Crippen LogP contribution in [0.3, 0.4) is 0 Å². The van der Waals surface area contributed by atoms with Gasteiger partial charge in [0.1, 0.15) is 24.9 Å². The number of nitrogens with zero attached hydrogens (tertiary/aromatic N) is 2. The summed E-state index contributed by atoms with van der Waals surface area (Å²) in [5.41, 5.74) is 0.367. The summed E-state index contributed by atoms with van der Waals surface area (Å²) in [7, 11) is 0. The molecule has 192 valence electrons. The molecule has 2 rings (SSSR count). The molecule has 2 aliphatic heterocycles. The van der Waals surface area contributed by atoms with Crippen LogP contribution in [0.25, 0.3) is 0 Å². The number of hydrogen-bond acceptors (Lipinski definition) is 10. The minimum Gasteiger partial charge on any atom is -0.463 e. The standard InChI is InChI=1S/C23H30N2O7S3/c1-5-24-19(28)18(22-34-13-15(4)35-22)20(29)25(23(24)33)10-8-6-7-9-17(27)31-11-16(26)12-32-21(30)14(2)3/h13,16,26H,2,5-12H2,1,3-4H3. The van der Waals surface area contributed by atoms with Crippen molar-refractivity contribution in [2.75, 3.05) is 26.3 Å². The number of rotatable bonds is 12. The van der Waals surface area contributed by atoms with Crippen LogP contribution in [0.2, 0.25) is 0 Å². The fraction of sp³-hybridized carbons (Fsp3) is 0.522. The molecule has 0 bridgehead atoms. The van der Waals surface area contributed by atoms with Crippen molar-refractivity contribution in [2.45, 2.75) is 52.6 Å². The van der Waals surface area contributed by atoms with E-state index in [1.165, 1.54) is 40.2 Å². The van der Waals surface area contributed by atoms with Gasteiger partial charge in [-0.3, -0.25) is 24.2 Å². The van der Waals surface area contributed by atoms with E-state index in [2.05, 4.69) is 6.58 Å². The molecule has 2 heterocycles. The first-order chi connectivity index (χ1) is 16.6. The second kappa shape index (κ2) is 13.8. The van der Waals surface area contributed by atoms with E-state index in [9.17, 15) is 24.3 Å². The SMILES string of the molecule is C=C(C)C(=O)OCC(O)COC(=O)CCCCCN1C(=O)C(=C2SC=C(C)S2)C(=O)N(CC)C1=S. The van der Waals surface area contributed by atoms with Gasteiger partial charge in [-0.15, -0.1) is 0 Å². The normalized spacial score (nSPS) is 19.1. The lowest BCUT2D eigenvalue weighted by molar-refractivity contribution is -0.150. The number of allylic oxidation sites excluding steroid dienone is 1. The molecule has 0 aromatic carbocycles. The number of aliphatic hydroxyl groups is 1. The quantitative estimate of drug-likeness (QED) is 0.130. The monoisotopic (exact) mass is 542 g/mol. The second-order valence-corrected chi connectivity index (χ2v) is 10.7. The van der Waals surface area contributed by atoms with Gasteiger partial charge >= 0.3 is 11.9 Å². The molecule has 2 aliphatic rings. The van der Waals surface area contributed by atoms with Gasteiger partial charge in [0.25, 0.3) is 11.8 Å². The van der Waals surface area contributed by atoms with E-state index >= 15 is 0 Å². The minimum atomic E-state index is -1.11. The predicted molar refractivity (Wildman–Crippen MR) is 139 cm³/mol. The van der Waals surface area contributed by atoms with Crippen molar-refractivity contribution in [2.24, 2.45) is 0 Å². The Bertz CT molecular complexity index is 961. The number of ether oxygens (including phenoxy) is 2. The number of esters is 2. The maximum atomic E-state index is 13.1. The van der Waals surface area contributed by atoms with Gasteiger partial charge in [0, 0.05) is 25.1 Å². The summed E-state index contributed by atoms with van der Waals surface area (Å²) in [4.78, 5) is 53.1. The molecule has 0 spiro atoms. The summed E-state index contributed by atoms with van der Waals surface area (Å²) in [5, 5.41) is 11.8. The Kier molecular flexibility index (Phi) is 11.5. The Morgan fingerprint density at radius 3 is 2.40 bits per heavy atom. The highest BCUT2D eigenvalue weighted by Crippen LogP contribution is 2.46. The van der Waals surface area contributed by atoms with Crippen molar-refractivity contribution in [3.05, 3.63) is 32.3 Å². The predicted octanol–water partition coefficient (Wildman–Crippen LogP) is 3.10. The average Bonchev–Trinajstić information content (AvgIpc) is 3.23. The van der Waals surface area contributed by atoms with Gasteiger partial charge in [0.05, 0.1) is 4.24 Å². The van der Waals surface area contributed by atoms with E-state index in [-0.39, 0.29) is 47.7 Å². The molecule has 9 nitrogen and oxygen atoms in total. The summed E-state index contributed by atoms with van der Waals surface area (Å²) in [5.74, 6) is -1.85. The van der Waals surface area contributed by atoms with Gasteiger partial charge in [0.15, 0.2) is 5.11 Å². The van der Waals surface area contributed by atoms with Gasteiger partial charge < -0.3 is 14.6 Å². The van der Waals surface area contributed by atoms with E-state index in [4.69, 9.17) is 21.7 Å². The van der Waals surface area contributed by atoms with Crippen LogP contribution in [0.4, 0.5) is 0 Å². The fourth-order valence-electron chi connectivity index (χ4n) is 3.09.